The molecule has 258 valence electrons. The van der Waals surface area contributed by atoms with Crippen molar-refractivity contribution in [2.45, 2.75) is 117 Å². The Morgan fingerprint density at radius 2 is 1.49 bits per heavy atom. The molecule has 16 atom stereocenters. The molecule has 2 aliphatic heterocycles. The molecule has 2 saturated carbocycles. The van der Waals surface area contributed by atoms with E-state index < -0.39 is 109 Å². The van der Waals surface area contributed by atoms with Gasteiger partial charge in [-0.1, -0.05) is 0 Å². The molecule has 0 spiro atoms. The van der Waals surface area contributed by atoms with E-state index in [9.17, 15) is 35.4 Å². The van der Waals surface area contributed by atoms with Crippen molar-refractivity contribution in [3.05, 3.63) is 0 Å². The van der Waals surface area contributed by atoms with E-state index in [0.717, 1.165) is 0 Å². The predicted molar refractivity (Wildman–Crippen MR) is 154 cm³/mol. The molecule has 20 heteroatoms. The highest BCUT2D eigenvalue weighted by Crippen LogP contribution is 2.43. The number of hydrogen-bond acceptors (Lipinski definition) is 16. The number of aliphatic hydroxyl groups excluding tert-OH is 5. The number of nitrogens with zero attached hydrogens (tertiary/aromatic N) is 2. The molecular weight excluding hydrogens is 602 g/mol. The summed E-state index contributed by atoms with van der Waals surface area (Å²) in [5.74, 6) is -2.11. The SMILES string of the molecule is NC[C@H]1O[C@H](O[C@H]2[C@H](O)[C@@H](O[C@H]3O[C@H](CO)[C@@H](O)[C@H](N)[C@H]3O)[C@H](CC(=O)C3(O)CC3N=C(N)N)C[C@@H]2N)[C@H](N=C(N)N)C[C@@H]1O. The Hall–Kier alpha value is -2.31. The minimum absolute atomic E-state index is 0.00920. The second kappa shape index (κ2) is 14.2. The van der Waals surface area contributed by atoms with E-state index in [1.165, 1.54) is 0 Å². The van der Waals surface area contributed by atoms with Gasteiger partial charge in [0, 0.05) is 31.8 Å². The number of aliphatic imine (C=N–C) groups is 2. The average Bonchev–Trinajstić information content (AvgIpc) is 3.62. The predicted octanol–water partition coefficient (Wildman–Crippen LogP) is -7.96. The van der Waals surface area contributed by atoms with Crippen LogP contribution in [0.15, 0.2) is 9.98 Å². The third-order valence-electron chi connectivity index (χ3n) is 8.87. The Balaban J connectivity index is 1.60. The molecule has 20 N–H and O–H groups in total. The summed E-state index contributed by atoms with van der Waals surface area (Å²) in [6, 6.07) is -3.99. The zero-order valence-electron chi connectivity index (χ0n) is 24.6. The first kappa shape index (κ1) is 35.5. The lowest BCUT2D eigenvalue weighted by Crippen LogP contribution is -2.66. The highest BCUT2D eigenvalue weighted by atomic mass is 16.7. The first-order chi connectivity index (χ1) is 21.1. The zero-order chi connectivity index (χ0) is 33.4. The summed E-state index contributed by atoms with van der Waals surface area (Å²) in [7, 11) is 0. The van der Waals surface area contributed by atoms with E-state index in [1.54, 1.807) is 0 Å². The van der Waals surface area contributed by atoms with E-state index in [0.29, 0.717) is 0 Å². The van der Waals surface area contributed by atoms with Crippen LogP contribution in [0.1, 0.15) is 25.7 Å². The summed E-state index contributed by atoms with van der Waals surface area (Å²) in [6.07, 6.45) is -13.5. The van der Waals surface area contributed by atoms with Crippen LogP contribution in [0.5, 0.6) is 0 Å². The normalized spacial score (nSPS) is 46.6. The van der Waals surface area contributed by atoms with Gasteiger partial charge in [-0.05, 0) is 12.3 Å². The molecule has 2 aliphatic carbocycles. The van der Waals surface area contributed by atoms with E-state index in [4.69, 9.17) is 59.1 Å². The Labute approximate surface area is 258 Å². The summed E-state index contributed by atoms with van der Waals surface area (Å²) in [5, 5.41) is 63.6. The molecule has 0 aromatic carbocycles. The Morgan fingerprint density at radius 3 is 2.09 bits per heavy atom. The zero-order valence-corrected chi connectivity index (χ0v) is 24.6. The minimum atomic E-state index is -1.84. The van der Waals surface area contributed by atoms with Crippen molar-refractivity contribution < 1.29 is 54.4 Å². The van der Waals surface area contributed by atoms with Gasteiger partial charge in [-0.2, -0.15) is 0 Å². The van der Waals surface area contributed by atoms with Gasteiger partial charge in [0.25, 0.3) is 0 Å². The summed E-state index contributed by atoms with van der Waals surface area (Å²) in [4.78, 5) is 21.2. The van der Waals surface area contributed by atoms with Crippen molar-refractivity contribution in [2.75, 3.05) is 13.2 Å². The molecule has 2 unspecified atom stereocenters. The molecule has 4 aliphatic rings. The van der Waals surface area contributed by atoms with Crippen LogP contribution in [0.4, 0.5) is 0 Å². The van der Waals surface area contributed by atoms with Crippen LogP contribution in [0.25, 0.3) is 0 Å². The molecule has 20 nitrogen and oxygen atoms in total. The maximum atomic E-state index is 13.3. The third kappa shape index (κ3) is 7.64. The van der Waals surface area contributed by atoms with Gasteiger partial charge in [0.05, 0.1) is 37.0 Å². The molecular formula is C25H47N9O11. The number of hydrogen-bond donors (Lipinski definition) is 13. The molecule has 2 heterocycles. The third-order valence-corrected chi connectivity index (χ3v) is 8.87. The number of Topliss-reactive ketones (excluding diaryl/α,β-unsaturated/α-hetero) is 1. The topological polar surface area (TPSA) is 382 Å². The number of carbonyl (C=O) groups excluding carboxylic acids is 1. The Kier molecular flexibility index (Phi) is 11.2. The van der Waals surface area contributed by atoms with Crippen LogP contribution < -0.4 is 40.1 Å². The lowest BCUT2D eigenvalue weighted by molar-refractivity contribution is -0.319. The molecule has 0 aromatic rings. The maximum absolute atomic E-state index is 13.3. The second-order valence-corrected chi connectivity index (χ2v) is 12.2. The van der Waals surface area contributed by atoms with E-state index in [1.807, 2.05) is 0 Å². The lowest BCUT2D eigenvalue weighted by atomic mass is 9.76. The molecule has 2 saturated heterocycles. The maximum Gasteiger partial charge on any atom is 0.186 e. The van der Waals surface area contributed by atoms with Crippen LogP contribution in [0.2, 0.25) is 0 Å². The van der Waals surface area contributed by atoms with Gasteiger partial charge in [0.1, 0.15) is 42.2 Å². The van der Waals surface area contributed by atoms with Crippen LogP contribution in [0, 0.1) is 5.92 Å². The standard InChI is InChI=1S/C25H47N9O11/c26-5-11-10(36)3-9(33-23(29)30)21(42-11)45-20-8(27)1-7(2-14(37)25(41)4-13(25)34-24(31)32)19(18(20)40)44-22-17(39)15(28)16(38)12(6-35)43-22/h7-13,15-22,35-36,38-41H,1-6,26-28H2,(H4,29,30,33)(H4,31,32,34)/t7-,8-,9+,10-,11+,12+,13?,15-,16+,17+,18+,19-,20+,21+,22+,25?/m0/s1. The fourth-order valence-corrected chi connectivity index (χ4v) is 6.23. The smallest absolute Gasteiger partial charge is 0.186 e. The van der Waals surface area contributed by atoms with E-state index in [-0.39, 0.29) is 44.1 Å². The van der Waals surface area contributed by atoms with Crippen molar-refractivity contribution in [1.29, 1.82) is 0 Å². The van der Waals surface area contributed by atoms with Gasteiger partial charge in [0.2, 0.25) is 0 Å². The molecule has 4 fully saturated rings. The molecule has 0 radical (unpaired) electrons. The fraction of sp³-hybridized carbons (Fsp3) is 0.880. The van der Waals surface area contributed by atoms with Crippen molar-refractivity contribution >= 4 is 17.7 Å². The second-order valence-electron chi connectivity index (χ2n) is 12.2. The largest absolute Gasteiger partial charge is 0.394 e. The molecule has 0 amide bonds. The summed E-state index contributed by atoms with van der Waals surface area (Å²) >= 11 is 0. The van der Waals surface area contributed by atoms with Gasteiger partial charge in [-0.3, -0.25) is 4.79 Å². The first-order valence-electron chi connectivity index (χ1n) is 14.7. The van der Waals surface area contributed by atoms with Gasteiger partial charge < -0.3 is 89.7 Å². The van der Waals surface area contributed by atoms with Crippen LogP contribution in [0.3, 0.4) is 0 Å². The van der Waals surface area contributed by atoms with Crippen molar-refractivity contribution in [1.82, 2.24) is 0 Å². The molecule has 0 aromatic heterocycles. The van der Waals surface area contributed by atoms with Crippen molar-refractivity contribution in [3.8, 4) is 0 Å². The number of ether oxygens (including phenoxy) is 4. The summed E-state index contributed by atoms with van der Waals surface area (Å²) < 4.78 is 23.5. The first-order valence-corrected chi connectivity index (χ1v) is 14.7. The van der Waals surface area contributed by atoms with Crippen LogP contribution >= 0.6 is 0 Å². The molecule has 4 rings (SSSR count). The minimum Gasteiger partial charge on any atom is -0.394 e. The monoisotopic (exact) mass is 649 g/mol. The summed E-state index contributed by atoms with van der Waals surface area (Å²) in [6.45, 7) is -0.727. The van der Waals surface area contributed by atoms with E-state index >= 15 is 0 Å². The van der Waals surface area contributed by atoms with Crippen molar-refractivity contribution in [2.24, 2.45) is 56.0 Å². The number of ketones is 1. The lowest BCUT2D eigenvalue weighted by Gasteiger charge is -2.48. The van der Waals surface area contributed by atoms with Crippen molar-refractivity contribution in [3.63, 3.8) is 0 Å². The number of rotatable bonds is 11. The highest BCUT2D eigenvalue weighted by molar-refractivity contribution is 5.92. The van der Waals surface area contributed by atoms with Crippen LogP contribution in [-0.4, -0.2) is 153 Å². The molecule has 45 heavy (non-hydrogen) atoms. The fourth-order valence-electron chi connectivity index (χ4n) is 6.23. The van der Waals surface area contributed by atoms with Crippen LogP contribution in [-0.2, 0) is 23.7 Å². The van der Waals surface area contributed by atoms with E-state index in [2.05, 4.69) is 9.98 Å². The number of aliphatic hydroxyl groups is 6. The number of nitrogens with two attached hydrogens (primary N) is 7. The van der Waals surface area contributed by atoms with Gasteiger partial charge >= 0.3 is 0 Å². The Morgan fingerprint density at radius 1 is 0.867 bits per heavy atom. The van der Waals surface area contributed by atoms with Gasteiger partial charge in [-0.15, -0.1) is 0 Å². The average molecular weight is 650 g/mol. The van der Waals surface area contributed by atoms with Gasteiger partial charge in [-0.25, -0.2) is 9.98 Å². The Bertz CT molecular complexity index is 1100. The number of guanidine groups is 2. The van der Waals surface area contributed by atoms with Gasteiger partial charge in [0.15, 0.2) is 30.3 Å². The number of carbonyl (C=O) groups is 1. The quantitative estimate of drug-likeness (QED) is 0.0729. The summed E-state index contributed by atoms with van der Waals surface area (Å²) in [5.41, 5.74) is 38.2. The highest BCUT2D eigenvalue weighted by Gasteiger charge is 2.60. The molecule has 0 bridgehead atoms.